The maximum Gasteiger partial charge on any atom is 0.120 e. The highest BCUT2D eigenvalue weighted by Crippen LogP contribution is 2.34. The molecule has 0 aromatic rings. The molecule has 0 spiro atoms. The first-order valence-electron chi connectivity index (χ1n) is 5.37. The van der Waals surface area contributed by atoms with Crippen molar-refractivity contribution < 1.29 is 4.79 Å². The van der Waals surface area contributed by atoms with Crippen LogP contribution in [0.5, 0.6) is 0 Å². The van der Waals surface area contributed by atoms with Gasteiger partial charge in [0.1, 0.15) is 6.29 Å². The van der Waals surface area contributed by atoms with E-state index < -0.39 is 0 Å². The van der Waals surface area contributed by atoms with Crippen molar-refractivity contribution in [2.45, 2.75) is 53.9 Å². The lowest BCUT2D eigenvalue weighted by molar-refractivity contribution is -0.110. The minimum absolute atomic E-state index is 0.172. The number of hydrogen-bond acceptors (Lipinski definition) is 1. The fourth-order valence-electron chi connectivity index (χ4n) is 1.51. The van der Waals surface area contributed by atoms with E-state index in [0.29, 0.717) is 12.3 Å². The van der Waals surface area contributed by atoms with E-state index >= 15 is 0 Å². The Hall–Kier alpha value is -0.330. The molecule has 0 N–H and O–H groups in total. The van der Waals surface area contributed by atoms with Crippen molar-refractivity contribution in [2.75, 3.05) is 0 Å². The zero-order chi connectivity index (χ0) is 10.5. The SMILES string of the molecule is CCC(C)CC(C)C(C)(C)CC=O. The maximum atomic E-state index is 10.5. The topological polar surface area (TPSA) is 17.1 Å². The van der Waals surface area contributed by atoms with Gasteiger partial charge in [0.25, 0.3) is 0 Å². The third-order valence-corrected chi connectivity index (χ3v) is 3.40. The molecule has 0 aliphatic heterocycles. The molecule has 1 heteroatoms. The highest BCUT2D eigenvalue weighted by molar-refractivity contribution is 5.50. The smallest absolute Gasteiger partial charge is 0.120 e. The molecule has 0 bridgehead atoms. The first-order chi connectivity index (χ1) is 5.94. The average molecular weight is 184 g/mol. The summed E-state index contributed by atoms with van der Waals surface area (Å²) in [6.45, 7) is 11.1. The van der Waals surface area contributed by atoms with Crippen LogP contribution in [0.25, 0.3) is 0 Å². The lowest BCUT2D eigenvalue weighted by Gasteiger charge is -2.31. The molecule has 0 aromatic carbocycles. The Balaban J connectivity index is 4.06. The molecule has 78 valence electrons. The molecular formula is C12H24O. The summed E-state index contributed by atoms with van der Waals surface area (Å²) in [5.74, 6) is 1.41. The molecule has 0 fully saturated rings. The third kappa shape index (κ3) is 4.44. The monoisotopic (exact) mass is 184 g/mol. The van der Waals surface area contributed by atoms with E-state index in [1.54, 1.807) is 0 Å². The van der Waals surface area contributed by atoms with Crippen molar-refractivity contribution in [3.8, 4) is 0 Å². The zero-order valence-corrected chi connectivity index (χ0v) is 9.76. The van der Waals surface area contributed by atoms with Crippen LogP contribution in [0.2, 0.25) is 0 Å². The Labute approximate surface area is 82.9 Å². The van der Waals surface area contributed by atoms with E-state index in [-0.39, 0.29) is 5.41 Å². The van der Waals surface area contributed by atoms with E-state index in [1.165, 1.54) is 12.8 Å². The third-order valence-electron chi connectivity index (χ3n) is 3.40. The van der Waals surface area contributed by atoms with Crippen molar-refractivity contribution in [3.63, 3.8) is 0 Å². The van der Waals surface area contributed by atoms with E-state index in [0.717, 1.165) is 12.2 Å². The summed E-state index contributed by atoms with van der Waals surface area (Å²) in [6, 6.07) is 0. The van der Waals surface area contributed by atoms with Gasteiger partial charge in [0.15, 0.2) is 0 Å². The standard InChI is InChI=1S/C12H24O/c1-6-10(2)9-11(3)12(4,5)7-8-13/h8,10-11H,6-7,9H2,1-5H3. The Morgan fingerprint density at radius 1 is 1.31 bits per heavy atom. The van der Waals surface area contributed by atoms with Gasteiger partial charge in [0.2, 0.25) is 0 Å². The molecule has 0 rings (SSSR count). The summed E-state index contributed by atoms with van der Waals surface area (Å²) in [7, 11) is 0. The quantitative estimate of drug-likeness (QED) is 0.576. The van der Waals surface area contributed by atoms with Crippen molar-refractivity contribution >= 4 is 6.29 Å². The molecular weight excluding hydrogens is 160 g/mol. The molecule has 0 radical (unpaired) electrons. The van der Waals surface area contributed by atoms with Gasteiger partial charge in [0, 0.05) is 6.42 Å². The van der Waals surface area contributed by atoms with Gasteiger partial charge < -0.3 is 4.79 Å². The molecule has 1 nitrogen and oxygen atoms in total. The number of rotatable bonds is 6. The van der Waals surface area contributed by atoms with Crippen molar-refractivity contribution in [2.24, 2.45) is 17.3 Å². The Morgan fingerprint density at radius 3 is 2.23 bits per heavy atom. The molecule has 2 unspecified atom stereocenters. The number of carbonyl (C=O) groups excluding carboxylic acids is 1. The predicted molar refractivity (Wildman–Crippen MR) is 57.7 cm³/mol. The van der Waals surface area contributed by atoms with Gasteiger partial charge in [-0.1, -0.05) is 41.0 Å². The van der Waals surface area contributed by atoms with E-state index in [9.17, 15) is 4.79 Å². The van der Waals surface area contributed by atoms with E-state index in [1.807, 2.05) is 0 Å². The summed E-state index contributed by atoms with van der Waals surface area (Å²) < 4.78 is 0. The van der Waals surface area contributed by atoms with Crippen LogP contribution in [-0.2, 0) is 4.79 Å². The highest BCUT2D eigenvalue weighted by atomic mass is 16.1. The van der Waals surface area contributed by atoms with Crippen LogP contribution < -0.4 is 0 Å². The highest BCUT2D eigenvalue weighted by Gasteiger charge is 2.26. The van der Waals surface area contributed by atoms with Crippen LogP contribution >= 0.6 is 0 Å². The molecule has 0 saturated carbocycles. The fourth-order valence-corrected chi connectivity index (χ4v) is 1.51. The van der Waals surface area contributed by atoms with Crippen LogP contribution in [0.3, 0.4) is 0 Å². The Bertz CT molecular complexity index is 149. The molecule has 0 saturated heterocycles. The van der Waals surface area contributed by atoms with Crippen molar-refractivity contribution in [1.29, 1.82) is 0 Å². The zero-order valence-electron chi connectivity index (χ0n) is 9.76. The molecule has 2 atom stereocenters. The molecule has 13 heavy (non-hydrogen) atoms. The first-order valence-corrected chi connectivity index (χ1v) is 5.37. The number of carbonyl (C=O) groups is 1. The van der Waals surface area contributed by atoms with Gasteiger partial charge in [0.05, 0.1) is 0 Å². The molecule has 0 heterocycles. The lowest BCUT2D eigenvalue weighted by Crippen LogP contribution is -2.23. The van der Waals surface area contributed by atoms with Gasteiger partial charge in [-0.15, -0.1) is 0 Å². The second-order valence-corrected chi connectivity index (χ2v) is 5.01. The van der Waals surface area contributed by atoms with Crippen LogP contribution in [0.15, 0.2) is 0 Å². The first kappa shape index (κ1) is 12.7. The summed E-state index contributed by atoms with van der Waals surface area (Å²) >= 11 is 0. The fraction of sp³-hybridized carbons (Fsp3) is 0.917. The van der Waals surface area contributed by atoms with Crippen LogP contribution in [-0.4, -0.2) is 6.29 Å². The summed E-state index contributed by atoms with van der Waals surface area (Å²) in [4.78, 5) is 10.5. The molecule has 0 aliphatic carbocycles. The lowest BCUT2D eigenvalue weighted by atomic mass is 9.73. The molecule has 0 aromatic heterocycles. The predicted octanol–water partition coefficient (Wildman–Crippen LogP) is 3.67. The minimum Gasteiger partial charge on any atom is -0.303 e. The maximum absolute atomic E-state index is 10.5. The summed E-state index contributed by atoms with van der Waals surface area (Å²) in [6.07, 6.45) is 4.20. The largest absolute Gasteiger partial charge is 0.303 e. The van der Waals surface area contributed by atoms with Gasteiger partial charge in [-0.05, 0) is 23.7 Å². The Morgan fingerprint density at radius 2 is 1.85 bits per heavy atom. The second-order valence-electron chi connectivity index (χ2n) is 5.01. The van der Waals surface area contributed by atoms with Crippen LogP contribution in [0, 0.1) is 17.3 Å². The summed E-state index contributed by atoms with van der Waals surface area (Å²) in [5, 5.41) is 0. The minimum atomic E-state index is 0.172. The van der Waals surface area contributed by atoms with Gasteiger partial charge >= 0.3 is 0 Å². The van der Waals surface area contributed by atoms with E-state index in [4.69, 9.17) is 0 Å². The van der Waals surface area contributed by atoms with Crippen molar-refractivity contribution in [3.05, 3.63) is 0 Å². The van der Waals surface area contributed by atoms with Crippen molar-refractivity contribution in [1.82, 2.24) is 0 Å². The van der Waals surface area contributed by atoms with Gasteiger partial charge in [-0.3, -0.25) is 0 Å². The van der Waals surface area contributed by atoms with E-state index in [2.05, 4.69) is 34.6 Å². The van der Waals surface area contributed by atoms with Crippen LogP contribution in [0.4, 0.5) is 0 Å². The number of aldehydes is 1. The average Bonchev–Trinajstić information content (AvgIpc) is 2.04. The summed E-state index contributed by atoms with van der Waals surface area (Å²) in [5.41, 5.74) is 0.172. The number of hydrogen-bond donors (Lipinski definition) is 0. The molecule has 0 amide bonds. The molecule has 0 aliphatic rings. The Kier molecular flexibility index (Phi) is 5.27. The normalized spacial score (nSPS) is 16.7. The van der Waals surface area contributed by atoms with Crippen LogP contribution in [0.1, 0.15) is 53.9 Å². The second kappa shape index (κ2) is 5.41. The van der Waals surface area contributed by atoms with Gasteiger partial charge in [-0.2, -0.15) is 0 Å². The van der Waals surface area contributed by atoms with Gasteiger partial charge in [-0.25, -0.2) is 0 Å².